The number of methoxy groups -OCH3 is 1. The zero-order valence-corrected chi connectivity index (χ0v) is 57.4. The summed E-state index contributed by atoms with van der Waals surface area (Å²) in [5, 5.41) is 47.0. The maximum atomic E-state index is 14.8. The number of aliphatic hydroxyl groups excluding tert-OH is 1. The van der Waals surface area contributed by atoms with Gasteiger partial charge in [0, 0.05) is 77.4 Å². The molecular formula is C68H104FN11O15. The number of hydrogen-bond donors (Lipinski definition) is 10. The fraction of sp³-hybridized carbons (Fsp3) is 0.618. The fourth-order valence-electron chi connectivity index (χ4n) is 12.2. The van der Waals surface area contributed by atoms with E-state index in [4.69, 9.17) is 15.2 Å². The third kappa shape index (κ3) is 22.9. The Morgan fingerprint density at radius 3 is 2.00 bits per heavy atom. The molecule has 1 saturated heterocycles. The van der Waals surface area contributed by atoms with Gasteiger partial charge in [-0.1, -0.05) is 118 Å². The Bertz CT molecular complexity index is 3020. The average Bonchev–Trinajstić information content (AvgIpc) is 1.78. The van der Waals surface area contributed by atoms with Gasteiger partial charge in [-0.15, -0.1) is 0 Å². The topological polar surface area (TPSA) is 363 Å². The molecule has 26 nitrogen and oxygen atoms in total. The Labute approximate surface area is 557 Å². The molecule has 1 aromatic heterocycles. The van der Waals surface area contributed by atoms with E-state index in [1.54, 1.807) is 116 Å². The number of nitrogens with one attached hydrogen (secondary N) is 6. The quantitative estimate of drug-likeness (QED) is 0.0232. The van der Waals surface area contributed by atoms with Gasteiger partial charge in [0.1, 0.15) is 37.1 Å². The lowest BCUT2D eigenvalue weighted by molar-refractivity contribution is -0.145. The number of aromatic hydroxyl groups is 2. The first-order valence-corrected chi connectivity index (χ1v) is 33.0. The van der Waals surface area contributed by atoms with Crippen LogP contribution >= 0.6 is 0 Å². The van der Waals surface area contributed by atoms with Gasteiger partial charge in [-0.2, -0.15) is 0 Å². The molecule has 0 bridgehead atoms. The van der Waals surface area contributed by atoms with Crippen molar-refractivity contribution >= 4 is 65.4 Å². The normalized spacial score (nSPS) is 16.6. The van der Waals surface area contributed by atoms with Crippen LogP contribution in [0.1, 0.15) is 151 Å². The number of rotatable bonds is 38. The number of carbonyl (C=O) groups excluding carboxylic acids is 10. The van der Waals surface area contributed by atoms with Crippen LogP contribution in [0.3, 0.4) is 0 Å². The number of likely N-dealkylation sites (tertiary alicyclic amines) is 1. The van der Waals surface area contributed by atoms with Gasteiger partial charge >= 0.3 is 12.1 Å². The number of nitrogens with zero attached hydrogens (tertiary/aromatic N) is 4. The van der Waals surface area contributed by atoms with Crippen molar-refractivity contribution in [3.63, 3.8) is 0 Å². The fourth-order valence-corrected chi connectivity index (χ4v) is 12.2. The summed E-state index contributed by atoms with van der Waals surface area (Å²) in [4.78, 5) is 140. The van der Waals surface area contributed by atoms with Crippen molar-refractivity contribution in [2.45, 2.75) is 201 Å². The van der Waals surface area contributed by atoms with Gasteiger partial charge in [0.25, 0.3) is 0 Å². The van der Waals surface area contributed by atoms with Crippen LogP contribution in [-0.4, -0.2) is 177 Å². The number of carbonyl (C=O) groups is 10. The van der Waals surface area contributed by atoms with Gasteiger partial charge in [-0.3, -0.25) is 43.0 Å². The third-order valence-electron chi connectivity index (χ3n) is 17.8. The number of unbranched alkanes of at least 4 members (excludes halogenated alkanes) is 2. The number of halogens is 1. The molecule has 1 aliphatic rings. The van der Waals surface area contributed by atoms with E-state index in [-0.39, 0.29) is 63.1 Å². The summed E-state index contributed by atoms with van der Waals surface area (Å²) in [5.41, 5.74) is 6.70. The standard InChI is InChI=1S/C68H104FN11O15/c1-14-42(8)58(47(37-81)35-53(83)79-34-22-26-51(79)60(94-13)43(9)61(86)72-44(10)59(85)46-23-17-15-18-24-46)77(11)66(91)56(40(4)5)76-64(89)57(41(6)7)78(12)68(93)95-38-45-28-30-48(31-29-45)73-62(87)50(25-21-32-71-67(70)92)74-63(88)55(39(2)3)75-52(82)27-19-16-20-33-80-54(84)36-49(69)65(80)90/h15,17-18,23-24,28-31,36-37,39-44,47,50-51,55-60,84-85,90H,14,16,19-22,25-27,32-35,38H2,1-13H3,(H,72,86)(H,73,87)(H,74,88)(H,75,82)(H,76,89)(H3,70,71,92)/t42-,43+,44+,47-,50-,51-,55-,56-,57?,58-,59+,60+/m0/s1. The van der Waals surface area contributed by atoms with Crippen LogP contribution in [0.25, 0.3) is 0 Å². The molecule has 95 heavy (non-hydrogen) atoms. The summed E-state index contributed by atoms with van der Waals surface area (Å²) in [6.45, 7) is 18.0. The SMILES string of the molecule is CC[C@H](C)[C@@H]([C@H](C=O)CC(=O)N1CCC[C@H]1[C@H](OC)[C@@H](C)C(=O)N[C@H](C)[C@@H](O)c1ccccc1)N(C)C(=O)[C@@H](NC(=O)C(C(C)C)N(C)C(=O)OCc1ccc(NC(=O)[C@H](CCCNC(N)=O)NC(=O)[C@@H](NC(=O)CCCCCn2c(O)cc(F)c2O)C(C)C)cc1)C(C)C. The Morgan fingerprint density at radius 2 is 1.43 bits per heavy atom. The molecule has 528 valence electrons. The molecule has 10 amide bonds. The van der Waals surface area contributed by atoms with E-state index >= 15 is 0 Å². The molecule has 27 heteroatoms. The molecule has 4 rings (SSSR count). The molecule has 2 aromatic carbocycles. The first kappa shape index (κ1) is 79.1. The summed E-state index contributed by atoms with van der Waals surface area (Å²) in [6, 6.07) is 8.97. The minimum atomic E-state index is -1.14. The van der Waals surface area contributed by atoms with Gasteiger partial charge in [-0.25, -0.2) is 14.0 Å². The van der Waals surface area contributed by atoms with Crippen molar-refractivity contribution in [1.82, 2.24) is 45.9 Å². The number of aromatic nitrogens is 1. The molecule has 1 aliphatic heterocycles. The Hall–Kier alpha value is -8.33. The number of ether oxygens (including phenoxy) is 2. The number of likely N-dealkylation sites (N-methyl/N-ethyl adjacent to an activating group) is 2. The first-order valence-electron chi connectivity index (χ1n) is 33.0. The van der Waals surface area contributed by atoms with E-state index in [0.717, 1.165) is 15.5 Å². The highest BCUT2D eigenvalue weighted by molar-refractivity contribution is 5.98. The number of amides is 10. The molecule has 11 N–H and O–H groups in total. The van der Waals surface area contributed by atoms with Gasteiger partial charge < -0.3 is 77.0 Å². The van der Waals surface area contributed by atoms with Gasteiger partial charge in [0.15, 0.2) is 11.7 Å². The predicted octanol–water partition coefficient (Wildman–Crippen LogP) is 6.00. The zero-order chi connectivity index (χ0) is 71.0. The van der Waals surface area contributed by atoms with Gasteiger partial charge in [0.2, 0.25) is 47.2 Å². The maximum Gasteiger partial charge on any atom is 0.410 e. The molecule has 12 atom stereocenters. The largest absolute Gasteiger partial charge is 0.494 e. The van der Waals surface area contributed by atoms with E-state index in [9.17, 15) is 67.7 Å². The van der Waals surface area contributed by atoms with Crippen LogP contribution in [0.5, 0.6) is 11.8 Å². The predicted molar refractivity (Wildman–Crippen MR) is 354 cm³/mol. The highest BCUT2D eigenvalue weighted by atomic mass is 19.1. The van der Waals surface area contributed by atoms with Gasteiger partial charge in [0.05, 0.1) is 30.2 Å². The van der Waals surface area contributed by atoms with Gasteiger partial charge in [-0.05, 0) is 92.4 Å². The second-order valence-corrected chi connectivity index (χ2v) is 26.0. The number of urea groups is 1. The van der Waals surface area contributed by atoms with Crippen molar-refractivity contribution in [1.29, 1.82) is 0 Å². The summed E-state index contributed by atoms with van der Waals surface area (Å²) in [6.07, 6.45) is 1.24. The van der Waals surface area contributed by atoms with E-state index in [2.05, 4.69) is 31.9 Å². The molecule has 3 aromatic rings. The van der Waals surface area contributed by atoms with Crippen molar-refractivity contribution in [3.8, 4) is 11.8 Å². The maximum absolute atomic E-state index is 14.8. The number of hydrogen-bond acceptors (Lipinski definition) is 15. The number of aliphatic hydroxyl groups is 1. The zero-order valence-electron chi connectivity index (χ0n) is 57.4. The van der Waals surface area contributed by atoms with Crippen LogP contribution in [0, 0.1) is 41.3 Å². The minimum absolute atomic E-state index is 0.0375. The number of primary amides is 1. The van der Waals surface area contributed by atoms with E-state index < -0.39 is 143 Å². The summed E-state index contributed by atoms with van der Waals surface area (Å²) < 4.78 is 26.2. The van der Waals surface area contributed by atoms with Crippen molar-refractivity contribution in [3.05, 3.63) is 77.6 Å². The number of benzene rings is 2. The molecule has 1 fully saturated rings. The molecule has 2 heterocycles. The monoisotopic (exact) mass is 1330 g/mol. The molecular weight excluding hydrogens is 1230 g/mol. The van der Waals surface area contributed by atoms with Crippen LogP contribution in [0.2, 0.25) is 0 Å². The van der Waals surface area contributed by atoms with Crippen LogP contribution in [0.15, 0.2) is 60.7 Å². The van der Waals surface area contributed by atoms with Crippen LogP contribution in [-0.2, 0) is 61.0 Å². The molecule has 0 spiro atoms. The smallest absolute Gasteiger partial charge is 0.410 e. The van der Waals surface area contributed by atoms with Crippen LogP contribution in [0.4, 0.5) is 19.7 Å². The first-order chi connectivity index (χ1) is 44.9. The van der Waals surface area contributed by atoms with Crippen molar-refractivity contribution < 1.29 is 77.1 Å². The minimum Gasteiger partial charge on any atom is -0.494 e. The van der Waals surface area contributed by atoms with Crippen molar-refractivity contribution in [2.24, 2.45) is 41.2 Å². The van der Waals surface area contributed by atoms with E-state index in [1.165, 1.54) is 19.1 Å². The Kier molecular flexibility index (Phi) is 31.9. The van der Waals surface area contributed by atoms with E-state index in [1.807, 2.05) is 19.9 Å². The van der Waals surface area contributed by atoms with Crippen LogP contribution < -0.4 is 37.6 Å². The lowest BCUT2D eigenvalue weighted by Crippen LogP contribution is -2.59. The summed E-state index contributed by atoms with van der Waals surface area (Å²) >= 11 is 0. The average molecular weight is 1330 g/mol. The molecule has 1 unspecified atom stereocenters. The Morgan fingerprint density at radius 1 is 0.779 bits per heavy atom. The third-order valence-corrected chi connectivity index (χ3v) is 17.8. The lowest BCUT2D eigenvalue weighted by Gasteiger charge is -2.40. The summed E-state index contributed by atoms with van der Waals surface area (Å²) in [5.74, 6) is -8.92. The highest BCUT2D eigenvalue weighted by Crippen LogP contribution is 2.32. The molecule has 0 saturated carbocycles. The molecule has 0 aliphatic carbocycles. The Balaban J connectivity index is 1.38. The lowest BCUT2D eigenvalue weighted by atomic mass is 9.84. The second kappa shape index (κ2) is 38.3. The number of aldehydes is 1. The highest BCUT2D eigenvalue weighted by Gasteiger charge is 2.44. The number of nitrogens with two attached hydrogens (primary N) is 1. The van der Waals surface area contributed by atoms with Crippen molar-refractivity contribution in [2.75, 3.05) is 39.6 Å². The second-order valence-electron chi connectivity index (χ2n) is 26.0. The van der Waals surface area contributed by atoms with E-state index in [0.29, 0.717) is 68.2 Å². The number of anilines is 1. The molecule has 0 radical (unpaired) electrons. The summed E-state index contributed by atoms with van der Waals surface area (Å²) in [7, 11) is 4.44.